The van der Waals surface area contributed by atoms with Crippen LogP contribution in [0.25, 0.3) is 0 Å². The number of rotatable bonds is 6. The molecule has 1 aromatic rings. The number of anilines is 1. The number of piperidine rings is 1. The van der Waals surface area contributed by atoms with Gasteiger partial charge in [-0.15, -0.1) is 0 Å². The average molecular weight is 289 g/mol. The van der Waals surface area contributed by atoms with E-state index in [0.29, 0.717) is 6.54 Å². The topological polar surface area (TPSA) is 44.4 Å². The fourth-order valence-corrected chi connectivity index (χ4v) is 2.67. The Morgan fingerprint density at radius 3 is 2.48 bits per heavy atom. The third kappa shape index (κ3) is 4.74. The van der Waals surface area contributed by atoms with Crippen molar-refractivity contribution in [3.8, 4) is 0 Å². The van der Waals surface area contributed by atoms with E-state index in [-0.39, 0.29) is 11.9 Å². The zero-order valence-corrected chi connectivity index (χ0v) is 13.2. The molecule has 1 unspecified atom stereocenters. The van der Waals surface area contributed by atoms with E-state index in [0.717, 1.165) is 6.54 Å². The fraction of sp³-hybridized carbons (Fsp3) is 0.588. The molecular weight excluding hydrogens is 262 g/mol. The molecule has 1 amide bonds. The van der Waals surface area contributed by atoms with Gasteiger partial charge in [-0.25, -0.2) is 0 Å². The van der Waals surface area contributed by atoms with Crippen LogP contribution < -0.4 is 15.5 Å². The van der Waals surface area contributed by atoms with Crippen LogP contribution in [-0.2, 0) is 11.3 Å². The minimum absolute atomic E-state index is 0.0578. The molecule has 0 saturated carbocycles. The third-order valence-electron chi connectivity index (χ3n) is 4.01. The minimum atomic E-state index is -0.160. The number of carbonyl (C=O) groups excluding carboxylic acids is 1. The van der Waals surface area contributed by atoms with Crippen molar-refractivity contribution in [1.82, 2.24) is 10.6 Å². The van der Waals surface area contributed by atoms with Crippen LogP contribution in [0.4, 0.5) is 5.69 Å². The lowest BCUT2D eigenvalue weighted by Gasteiger charge is -2.28. The molecule has 0 aromatic heterocycles. The highest BCUT2D eigenvalue weighted by Crippen LogP contribution is 2.20. The highest BCUT2D eigenvalue weighted by molar-refractivity contribution is 5.81. The number of hydrogen-bond donors (Lipinski definition) is 2. The zero-order valence-electron chi connectivity index (χ0n) is 13.2. The van der Waals surface area contributed by atoms with E-state index in [1.165, 1.54) is 43.6 Å². The van der Waals surface area contributed by atoms with Crippen molar-refractivity contribution in [2.45, 2.75) is 45.7 Å². The van der Waals surface area contributed by atoms with E-state index in [9.17, 15) is 4.79 Å². The number of benzene rings is 1. The summed E-state index contributed by atoms with van der Waals surface area (Å²) in [6.07, 6.45) is 3.96. The smallest absolute Gasteiger partial charge is 0.236 e. The predicted octanol–water partition coefficient (Wildman–Crippen LogP) is 2.29. The molecule has 0 spiro atoms. The minimum Gasteiger partial charge on any atom is -0.372 e. The van der Waals surface area contributed by atoms with Crippen molar-refractivity contribution < 1.29 is 4.79 Å². The highest BCUT2D eigenvalue weighted by atomic mass is 16.2. The van der Waals surface area contributed by atoms with E-state index in [4.69, 9.17) is 0 Å². The molecule has 0 radical (unpaired) electrons. The molecule has 21 heavy (non-hydrogen) atoms. The second-order valence-corrected chi connectivity index (χ2v) is 5.71. The molecule has 2 rings (SSSR count). The van der Waals surface area contributed by atoms with Gasteiger partial charge in [0.25, 0.3) is 0 Å². The summed E-state index contributed by atoms with van der Waals surface area (Å²) in [4.78, 5) is 14.1. The highest BCUT2D eigenvalue weighted by Gasteiger charge is 2.12. The zero-order chi connectivity index (χ0) is 15.1. The Bertz CT molecular complexity index is 438. The SMILES string of the molecule is CCNC(=O)C(C)NCc1ccc(N2CCCCC2)cc1. The molecule has 1 atom stereocenters. The van der Waals surface area contributed by atoms with E-state index in [2.05, 4.69) is 39.8 Å². The molecule has 1 aliphatic rings. The largest absolute Gasteiger partial charge is 0.372 e. The van der Waals surface area contributed by atoms with Crippen LogP contribution in [-0.4, -0.2) is 31.6 Å². The van der Waals surface area contributed by atoms with E-state index >= 15 is 0 Å². The second kappa shape index (κ2) is 8.03. The Morgan fingerprint density at radius 2 is 1.86 bits per heavy atom. The molecule has 4 nitrogen and oxygen atoms in total. The van der Waals surface area contributed by atoms with Gasteiger partial charge in [0.15, 0.2) is 0 Å². The van der Waals surface area contributed by atoms with Crippen molar-refractivity contribution in [2.24, 2.45) is 0 Å². The van der Waals surface area contributed by atoms with Crippen molar-refractivity contribution in [2.75, 3.05) is 24.5 Å². The number of likely N-dealkylation sites (N-methyl/N-ethyl adjacent to an activating group) is 1. The van der Waals surface area contributed by atoms with Gasteiger partial charge in [0.1, 0.15) is 0 Å². The maximum absolute atomic E-state index is 11.6. The maximum atomic E-state index is 11.6. The summed E-state index contributed by atoms with van der Waals surface area (Å²) >= 11 is 0. The molecule has 1 saturated heterocycles. The normalized spacial score (nSPS) is 16.6. The van der Waals surface area contributed by atoms with Gasteiger partial charge >= 0.3 is 0 Å². The first-order valence-corrected chi connectivity index (χ1v) is 8.05. The molecule has 0 bridgehead atoms. The lowest BCUT2D eigenvalue weighted by Crippen LogP contribution is -2.41. The number of nitrogens with zero attached hydrogens (tertiary/aromatic N) is 1. The van der Waals surface area contributed by atoms with Crippen LogP contribution >= 0.6 is 0 Å². The monoisotopic (exact) mass is 289 g/mol. The molecule has 1 heterocycles. The first kappa shape index (κ1) is 15.8. The van der Waals surface area contributed by atoms with Gasteiger partial charge in [0.05, 0.1) is 6.04 Å². The van der Waals surface area contributed by atoms with Crippen molar-refractivity contribution in [1.29, 1.82) is 0 Å². The predicted molar refractivity (Wildman–Crippen MR) is 87.5 cm³/mol. The summed E-state index contributed by atoms with van der Waals surface area (Å²) in [6, 6.07) is 8.53. The van der Waals surface area contributed by atoms with Gasteiger partial charge < -0.3 is 15.5 Å². The summed E-state index contributed by atoms with van der Waals surface area (Å²) < 4.78 is 0. The van der Waals surface area contributed by atoms with Crippen LogP contribution in [0, 0.1) is 0 Å². The van der Waals surface area contributed by atoms with E-state index in [1.54, 1.807) is 0 Å². The Balaban J connectivity index is 1.83. The van der Waals surface area contributed by atoms with Crippen LogP contribution in [0.2, 0.25) is 0 Å². The van der Waals surface area contributed by atoms with Gasteiger partial charge in [0, 0.05) is 31.9 Å². The molecule has 1 aromatic carbocycles. The Morgan fingerprint density at radius 1 is 1.19 bits per heavy atom. The number of amides is 1. The van der Waals surface area contributed by atoms with Crippen LogP contribution in [0.1, 0.15) is 38.7 Å². The summed E-state index contributed by atoms with van der Waals surface area (Å²) in [5, 5.41) is 6.08. The first-order valence-electron chi connectivity index (χ1n) is 8.05. The summed E-state index contributed by atoms with van der Waals surface area (Å²) in [5.41, 5.74) is 2.53. The van der Waals surface area contributed by atoms with Crippen LogP contribution in [0.5, 0.6) is 0 Å². The molecule has 2 N–H and O–H groups in total. The van der Waals surface area contributed by atoms with Gasteiger partial charge in [-0.05, 0) is 50.8 Å². The summed E-state index contributed by atoms with van der Waals surface area (Å²) in [7, 11) is 0. The summed E-state index contributed by atoms with van der Waals surface area (Å²) in [5.74, 6) is 0.0578. The van der Waals surface area contributed by atoms with Gasteiger partial charge in [-0.3, -0.25) is 4.79 Å². The van der Waals surface area contributed by atoms with Crippen molar-refractivity contribution >= 4 is 11.6 Å². The standard InChI is InChI=1S/C17H27N3O/c1-3-18-17(21)14(2)19-13-15-7-9-16(10-8-15)20-11-5-4-6-12-20/h7-10,14,19H,3-6,11-13H2,1-2H3,(H,18,21). The van der Waals surface area contributed by atoms with Gasteiger partial charge in [-0.2, -0.15) is 0 Å². The van der Waals surface area contributed by atoms with Gasteiger partial charge in [0.2, 0.25) is 5.91 Å². The number of hydrogen-bond acceptors (Lipinski definition) is 3. The Hall–Kier alpha value is -1.55. The molecule has 1 aliphatic heterocycles. The first-order chi connectivity index (χ1) is 10.2. The maximum Gasteiger partial charge on any atom is 0.236 e. The lowest BCUT2D eigenvalue weighted by atomic mass is 10.1. The lowest BCUT2D eigenvalue weighted by molar-refractivity contribution is -0.122. The number of nitrogens with one attached hydrogen (secondary N) is 2. The number of carbonyl (C=O) groups is 1. The quantitative estimate of drug-likeness (QED) is 0.844. The van der Waals surface area contributed by atoms with E-state index in [1.807, 2.05) is 13.8 Å². The molecular formula is C17H27N3O. The molecule has 0 aliphatic carbocycles. The molecule has 4 heteroatoms. The second-order valence-electron chi connectivity index (χ2n) is 5.71. The van der Waals surface area contributed by atoms with Crippen LogP contribution in [0.15, 0.2) is 24.3 Å². The Labute approximate surface area is 127 Å². The summed E-state index contributed by atoms with van der Waals surface area (Å²) in [6.45, 7) is 7.57. The third-order valence-corrected chi connectivity index (χ3v) is 4.01. The van der Waals surface area contributed by atoms with Gasteiger partial charge in [-0.1, -0.05) is 12.1 Å². The van der Waals surface area contributed by atoms with Crippen molar-refractivity contribution in [3.05, 3.63) is 29.8 Å². The molecule has 1 fully saturated rings. The fourth-order valence-electron chi connectivity index (χ4n) is 2.67. The molecule has 116 valence electrons. The van der Waals surface area contributed by atoms with E-state index < -0.39 is 0 Å². The average Bonchev–Trinajstić information content (AvgIpc) is 2.54. The van der Waals surface area contributed by atoms with Crippen LogP contribution in [0.3, 0.4) is 0 Å². The Kier molecular flexibility index (Phi) is 6.05. The van der Waals surface area contributed by atoms with Crippen molar-refractivity contribution in [3.63, 3.8) is 0 Å².